The van der Waals surface area contributed by atoms with Crippen LogP contribution in [-0.4, -0.2) is 23.5 Å². The number of aromatic carboxylic acids is 1. The lowest BCUT2D eigenvalue weighted by molar-refractivity contribution is -0.122. The van der Waals surface area contributed by atoms with Gasteiger partial charge in [0.1, 0.15) is 0 Å². The number of benzene rings is 1. The van der Waals surface area contributed by atoms with Gasteiger partial charge in [0.25, 0.3) is 0 Å². The van der Waals surface area contributed by atoms with Crippen LogP contribution in [0.1, 0.15) is 43.0 Å². The fraction of sp³-hybridized carbons (Fsp3) is 0.467. The van der Waals surface area contributed by atoms with Crippen molar-refractivity contribution in [2.24, 2.45) is 5.92 Å². The summed E-state index contributed by atoms with van der Waals surface area (Å²) in [5.74, 6) is -0.846. The third-order valence-corrected chi connectivity index (χ3v) is 3.85. The summed E-state index contributed by atoms with van der Waals surface area (Å²) >= 11 is 0. The van der Waals surface area contributed by atoms with E-state index in [9.17, 15) is 9.59 Å². The van der Waals surface area contributed by atoms with Crippen LogP contribution in [0.2, 0.25) is 0 Å². The van der Waals surface area contributed by atoms with Gasteiger partial charge in [-0.1, -0.05) is 12.8 Å². The molecule has 1 aliphatic rings. The van der Waals surface area contributed by atoms with E-state index in [1.54, 1.807) is 11.0 Å². The van der Waals surface area contributed by atoms with Crippen molar-refractivity contribution in [1.29, 1.82) is 0 Å². The zero-order valence-corrected chi connectivity index (χ0v) is 11.6. The molecule has 5 heteroatoms. The molecule has 1 aliphatic carbocycles. The maximum absolute atomic E-state index is 12.5. The second kappa shape index (κ2) is 5.94. The Labute approximate surface area is 118 Å². The molecule has 5 nitrogen and oxygen atoms in total. The van der Waals surface area contributed by atoms with Gasteiger partial charge in [-0.3, -0.25) is 4.79 Å². The minimum Gasteiger partial charge on any atom is -0.478 e. The number of anilines is 2. The quantitative estimate of drug-likeness (QED) is 0.828. The maximum Gasteiger partial charge on any atom is 0.335 e. The van der Waals surface area contributed by atoms with E-state index in [-0.39, 0.29) is 17.4 Å². The van der Waals surface area contributed by atoms with E-state index in [0.29, 0.717) is 17.9 Å². The maximum atomic E-state index is 12.5. The zero-order valence-electron chi connectivity index (χ0n) is 11.6. The predicted molar refractivity (Wildman–Crippen MR) is 77.8 cm³/mol. The Morgan fingerprint density at radius 3 is 2.50 bits per heavy atom. The smallest absolute Gasteiger partial charge is 0.335 e. The normalized spacial score (nSPS) is 15.2. The first-order valence-corrected chi connectivity index (χ1v) is 6.98. The van der Waals surface area contributed by atoms with E-state index in [2.05, 4.69) is 0 Å². The number of carboxylic acids is 1. The molecule has 0 unspecified atom stereocenters. The van der Waals surface area contributed by atoms with E-state index >= 15 is 0 Å². The first-order valence-electron chi connectivity index (χ1n) is 6.98. The molecule has 1 amide bonds. The molecule has 1 aromatic rings. The Hall–Kier alpha value is -2.04. The van der Waals surface area contributed by atoms with Crippen molar-refractivity contribution in [3.8, 4) is 0 Å². The lowest BCUT2D eigenvalue weighted by Crippen LogP contribution is -2.35. The number of carbonyl (C=O) groups is 2. The molecule has 2 rings (SSSR count). The molecule has 0 bridgehead atoms. The molecule has 0 heterocycles. The Morgan fingerprint density at radius 2 is 2.00 bits per heavy atom. The number of nitrogens with zero attached hydrogens (tertiary/aromatic N) is 1. The Morgan fingerprint density at radius 1 is 1.35 bits per heavy atom. The van der Waals surface area contributed by atoms with Crippen molar-refractivity contribution in [3.05, 3.63) is 23.8 Å². The van der Waals surface area contributed by atoms with Crippen molar-refractivity contribution in [2.45, 2.75) is 32.6 Å². The lowest BCUT2D eigenvalue weighted by Gasteiger charge is -2.25. The van der Waals surface area contributed by atoms with Crippen LogP contribution in [-0.2, 0) is 4.79 Å². The molecule has 0 aromatic heterocycles. The van der Waals surface area contributed by atoms with Gasteiger partial charge < -0.3 is 15.7 Å². The third kappa shape index (κ3) is 2.76. The summed E-state index contributed by atoms with van der Waals surface area (Å²) in [7, 11) is 0. The Kier molecular flexibility index (Phi) is 4.27. The van der Waals surface area contributed by atoms with E-state index in [1.165, 1.54) is 12.1 Å². The average Bonchev–Trinajstić information content (AvgIpc) is 2.94. The van der Waals surface area contributed by atoms with Crippen LogP contribution in [0.15, 0.2) is 18.2 Å². The number of nitrogen functional groups attached to an aromatic ring is 1. The van der Waals surface area contributed by atoms with Gasteiger partial charge >= 0.3 is 5.97 Å². The molecule has 0 aliphatic heterocycles. The molecule has 1 aromatic carbocycles. The van der Waals surface area contributed by atoms with Crippen LogP contribution >= 0.6 is 0 Å². The summed E-state index contributed by atoms with van der Waals surface area (Å²) < 4.78 is 0. The van der Waals surface area contributed by atoms with Gasteiger partial charge in [0, 0.05) is 12.5 Å². The minimum atomic E-state index is -1.02. The first kappa shape index (κ1) is 14.4. The predicted octanol–water partition coefficient (Wildman–Crippen LogP) is 2.51. The van der Waals surface area contributed by atoms with E-state index in [0.717, 1.165) is 25.7 Å². The van der Waals surface area contributed by atoms with Gasteiger partial charge in [-0.05, 0) is 38.0 Å². The Balaban J connectivity index is 2.27. The van der Waals surface area contributed by atoms with Crippen molar-refractivity contribution in [2.75, 3.05) is 17.2 Å². The number of carboxylic acid groups (broad SMARTS) is 1. The first-order chi connectivity index (χ1) is 9.54. The van der Waals surface area contributed by atoms with Crippen LogP contribution in [0.4, 0.5) is 11.4 Å². The number of rotatable bonds is 4. The third-order valence-electron chi connectivity index (χ3n) is 3.85. The van der Waals surface area contributed by atoms with Crippen molar-refractivity contribution >= 4 is 23.3 Å². The molecule has 1 saturated carbocycles. The molecular formula is C15H20N2O3. The lowest BCUT2D eigenvalue weighted by atomic mass is 10.1. The van der Waals surface area contributed by atoms with Gasteiger partial charge in [-0.15, -0.1) is 0 Å². The van der Waals surface area contributed by atoms with E-state index < -0.39 is 5.97 Å². The molecule has 108 valence electrons. The average molecular weight is 276 g/mol. The van der Waals surface area contributed by atoms with Crippen molar-refractivity contribution in [3.63, 3.8) is 0 Å². The molecule has 0 saturated heterocycles. The summed E-state index contributed by atoms with van der Waals surface area (Å²) in [6.07, 6.45) is 4.06. The highest BCUT2D eigenvalue weighted by atomic mass is 16.4. The summed E-state index contributed by atoms with van der Waals surface area (Å²) in [6.45, 7) is 2.43. The zero-order chi connectivity index (χ0) is 14.7. The van der Waals surface area contributed by atoms with Gasteiger partial charge in [0.05, 0.1) is 16.9 Å². The Bertz CT molecular complexity index is 522. The minimum absolute atomic E-state index is 0.0773. The van der Waals surface area contributed by atoms with Gasteiger partial charge in [0.2, 0.25) is 5.91 Å². The molecule has 0 radical (unpaired) electrons. The van der Waals surface area contributed by atoms with Gasteiger partial charge in [-0.25, -0.2) is 4.79 Å². The largest absolute Gasteiger partial charge is 0.478 e. The van der Waals surface area contributed by atoms with Crippen LogP contribution < -0.4 is 10.6 Å². The molecule has 0 atom stereocenters. The van der Waals surface area contributed by atoms with Gasteiger partial charge in [0.15, 0.2) is 0 Å². The van der Waals surface area contributed by atoms with Crippen molar-refractivity contribution < 1.29 is 14.7 Å². The second-order valence-electron chi connectivity index (χ2n) is 5.14. The second-order valence-corrected chi connectivity index (χ2v) is 5.14. The topological polar surface area (TPSA) is 83.6 Å². The standard InChI is InChI=1S/C15H20N2O3/c1-2-17(14(18)10-5-3-4-6-10)13-8-7-11(15(19)20)9-12(13)16/h7-10H,2-6,16H2,1H3,(H,19,20). The SMILES string of the molecule is CCN(C(=O)C1CCCC1)c1ccc(C(=O)O)cc1N. The fourth-order valence-electron chi connectivity index (χ4n) is 2.77. The van der Waals surface area contributed by atoms with Crippen LogP contribution in [0, 0.1) is 5.92 Å². The van der Waals surface area contributed by atoms with Crippen LogP contribution in [0.5, 0.6) is 0 Å². The number of nitrogens with two attached hydrogens (primary N) is 1. The monoisotopic (exact) mass is 276 g/mol. The number of amides is 1. The highest BCUT2D eigenvalue weighted by molar-refractivity contribution is 5.99. The molecule has 0 spiro atoms. The highest BCUT2D eigenvalue weighted by Crippen LogP contribution is 2.31. The van der Waals surface area contributed by atoms with Crippen LogP contribution in [0.3, 0.4) is 0 Å². The number of hydrogen-bond donors (Lipinski definition) is 2. The number of carbonyl (C=O) groups excluding carboxylic acids is 1. The molecular weight excluding hydrogens is 256 g/mol. The summed E-state index contributed by atoms with van der Waals surface area (Å²) in [4.78, 5) is 25.1. The molecule has 1 fully saturated rings. The fourth-order valence-corrected chi connectivity index (χ4v) is 2.77. The summed E-state index contributed by atoms with van der Waals surface area (Å²) in [5.41, 5.74) is 6.99. The van der Waals surface area contributed by atoms with Gasteiger partial charge in [-0.2, -0.15) is 0 Å². The highest BCUT2D eigenvalue weighted by Gasteiger charge is 2.28. The molecule has 20 heavy (non-hydrogen) atoms. The number of hydrogen-bond acceptors (Lipinski definition) is 3. The summed E-state index contributed by atoms with van der Waals surface area (Å²) in [6, 6.07) is 4.51. The van der Waals surface area contributed by atoms with E-state index in [1.807, 2.05) is 6.92 Å². The van der Waals surface area contributed by atoms with Crippen LogP contribution in [0.25, 0.3) is 0 Å². The summed E-state index contributed by atoms with van der Waals surface area (Å²) in [5, 5.41) is 8.94. The van der Waals surface area contributed by atoms with Crippen molar-refractivity contribution in [1.82, 2.24) is 0 Å². The van der Waals surface area contributed by atoms with E-state index in [4.69, 9.17) is 10.8 Å². The molecule has 3 N–H and O–H groups in total.